The first-order chi connectivity index (χ1) is 10.6. The molecule has 0 radical (unpaired) electrons. The van der Waals surface area contributed by atoms with Gasteiger partial charge in [0, 0.05) is 16.2 Å². The molecule has 0 atom stereocenters. The fourth-order valence-electron chi connectivity index (χ4n) is 2.38. The number of halogens is 1. The number of esters is 1. The van der Waals surface area contributed by atoms with Crippen molar-refractivity contribution < 1.29 is 14.3 Å². The minimum Gasteiger partial charge on any atom is -0.465 e. The molecule has 110 valence electrons. The summed E-state index contributed by atoms with van der Waals surface area (Å²) in [5.74, 6) is -0.667. The largest absolute Gasteiger partial charge is 0.465 e. The molecule has 1 aliphatic heterocycles. The van der Waals surface area contributed by atoms with Gasteiger partial charge < -0.3 is 10.1 Å². The summed E-state index contributed by atoms with van der Waals surface area (Å²) in [5, 5.41) is 3.31. The fourth-order valence-corrected chi connectivity index (χ4v) is 2.56. The van der Waals surface area contributed by atoms with Crippen molar-refractivity contribution in [1.29, 1.82) is 0 Å². The van der Waals surface area contributed by atoms with Crippen LogP contribution >= 0.6 is 11.6 Å². The van der Waals surface area contributed by atoms with Crippen LogP contribution in [0.3, 0.4) is 0 Å². The van der Waals surface area contributed by atoms with Crippen LogP contribution in [0.15, 0.2) is 42.5 Å². The first-order valence-electron chi connectivity index (χ1n) is 6.60. The quantitative estimate of drug-likeness (QED) is 0.680. The molecule has 0 unspecified atom stereocenters. The van der Waals surface area contributed by atoms with E-state index in [1.54, 1.807) is 48.5 Å². The zero-order valence-corrected chi connectivity index (χ0v) is 12.5. The van der Waals surface area contributed by atoms with Gasteiger partial charge in [-0.25, -0.2) is 4.79 Å². The number of rotatable bonds is 2. The number of fused-ring (bicyclic) bond motifs is 1. The van der Waals surface area contributed by atoms with Crippen molar-refractivity contribution in [1.82, 2.24) is 0 Å². The van der Waals surface area contributed by atoms with Gasteiger partial charge in [0.25, 0.3) is 5.91 Å². The second-order valence-corrected chi connectivity index (χ2v) is 5.22. The lowest BCUT2D eigenvalue weighted by Gasteiger charge is -2.05. The van der Waals surface area contributed by atoms with Crippen LogP contribution in [0, 0.1) is 0 Å². The lowest BCUT2D eigenvalue weighted by atomic mass is 10.0. The van der Waals surface area contributed by atoms with Crippen molar-refractivity contribution in [3.8, 4) is 0 Å². The number of hydrogen-bond donors (Lipinski definition) is 1. The molecule has 4 nitrogen and oxygen atoms in total. The van der Waals surface area contributed by atoms with E-state index in [9.17, 15) is 9.59 Å². The molecular formula is C17H12ClNO3. The molecule has 3 rings (SSSR count). The number of carbonyl (C=O) groups is 2. The molecule has 0 saturated carbocycles. The Morgan fingerprint density at radius 2 is 2.00 bits per heavy atom. The van der Waals surface area contributed by atoms with Crippen LogP contribution in [0.5, 0.6) is 0 Å². The second-order valence-electron chi connectivity index (χ2n) is 4.78. The number of anilines is 1. The Bertz CT molecular complexity index is 811. The number of hydrogen-bond acceptors (Lipinski definition) is 3. The van der Waals surface area contributed by atoms with E-state index in [1.165, 1.54) is 7.11 Å². The summed E-state index contributed by atoms with van der Waals surface area (Å²) in [6, 6.07) is 12.2. The molecule has 1 heterocycles. The van der Waals surface area contributed by atoms with Gasteiger partial charge in [-0.1, -0.05) is 35.9 Å². The molecule has 1 N–H and O–H groups in total. The Morgan fingerprint density at radius 3 is 2.77 bits per heavy atom. The molecule has 0 saturated heterocycles. The zero-order chi connectivity index (χ0) is 15.7. The summed E-state index contributed by atoms with van der Waals surface area (Å²) in [7, 11) is 1.33. The van der Waals surface area contributed by atoms with E-state index >= 15 is 0 Å². The smallest absolute Gasteiger partial charge is 0.338 e. The predicted octanol–water partition coefficient (Wildman–Crippen LogP) is 3.62. The molecule has 2 aromatic carbocycles. The van der Waals surface area contributed by atoms with Gasteiger partial charge in [-0.2, -0.15) is 0 Å². The Balaban J connectivity index is 2.11. The van der Waals surface area contributed by atoms with Crippen LogP contribution in [0.4, 0.5) is 5.69 Å². The van der Waals surface area contributed by atoms with Crippen molar-refractivity contribution >= 4 is 40.8 Å². The molecule has 1 aliphatic rings. The van der Waals surface area contributed by atoms with Crippen molar-refractivity contribution in [3.63, 3.8) is 0 Å². The number of nitrogens with one attached hydrogen (secondary N) is 1. The van der Waals surface area contributed by atoms with Crippen molar-refractivity contribution in [2.75, 3.05) is 12.4 Å². The first-order valence-corrected chi connectivity index (χ1v) is 6.98. The SMILES string of the molecule is COC(=O)c1ccccc1/C=C1/C(=O)Nc2cc(Cl)ccc21. The maximum absolute atomic E-state index is 12.2. The lowest BCUT2D eigenvalue weighted by molar-refractivity contribution is -0.110. The van der Waals surface area contributed by atoms with Crippen LogP contribution in [0.1, 0.15) is 21.5 Å². The van der Waals surface area contributed by atoms with Gasteiger partial charge in [-0.05, 0) is 29.8 Å². The molecule has 1 amide bonds. The molecule has 2 aromatic rings. The van der Waals surface area contributed by atoms with E-state index in [-0.39, 0.29) is 5.91 Å². The highest BCUT2D eigenvalue weighted by atomic mass is 35.5. The zero-order valence-electron chi connectivity index (χ0n) is 11.7. The molecule has 0 aliphatic carbocycles. The Hall–Kier alpha value is -2.59. The minimum atomic E-state index is -0.442. The van der Waals surface area contributed by atoms with Crippen LogP contribution < -0.4 is 5.32 Å². The van der Waals surface area contributed by atoms with E-state index in [1.807, 2.05) is 0 Å². The molecule has 0 spiro atoms. The minimum absolute atomic E-state index is 0.225. The average Bonchev–Trinajstić information content (AvgIpc) is 2.82. The third-order valence-electron chi connectivity index (χ3n) is 3.43. The standard InChI is InChI=1S/C17H12ClNO3/c1-22-17(21)12-5-3-2-4-10(12)8-14-13-7-6-11(18)9-15(13)19-16(14)20/h2-9H,1H3,(H,19,20)/b14-8+. The summed E-state index contributed by atoms with van der Waals surface area (Å²) in [4.78, 5) is 24.0. The van der Waals surface area contributed by atoms with Crippen LogP contribution in [-0.2, 0) is 9.53 Å². The molecule has 0 bridgehead atoms. The molecular weight excluding hydrogens is 302 g/mol. The van der Waals surface area contributed by atoms with Gasteiger partial charge in [0.15, 0.2) is 0 Å². The number of amides is 1. The Morgan fingerprint density at radius 1 is 1.23 bits per heavy atom. The van der Waals surface area contributed by atoms with E-state index in [2.05, 4.69) is 5.32 Å². The van der Waals surface area contributed by atoms with Crippen molar-refractivity contribution in [2.24, 2.45) is 0 Å². The van der Waals surface area contributed by atoms with Gasteiger partial charge in [0.2, 0.25) is 0 Å². The Labute approximate surface area is 132 Å². The number of ether oxygens (including phenoxy) is 1. The molecule has 5 heteroatoms. The number of methoxy groups -OCH3 is 1. The van der Waals surface area contributed by atoms with E-state index in [4.69, 9.17) is 16.3 Å². The second kappa shape index (κ2) is 5.66. The fraction of sp³-hybridized carbons (Fsp3) is 0.0588. The predicted molar refractivity (Wildman–Crippen MR) is 85.7 cm³/mol. The Kier molecular flexibility index (Phi) is 3.69. The lowest BCUT2D eigenvalue weighted by Crippen LogP contribution is -2.06. The van der Waals surface area contributed by atoms with Crippen molar-refractivity contribution in [3.05, 3.63) is 64.2 Å². The van der Waals surface area contributed by atoms with E-state index in [0.717, 1.165) is 5.56 Å². The topological polar surface area (TPSA) is 55.4 Å². The highest BCUT2D eigenvalue weighted by Gasteiger charge is 2.24. The third kappa shape index (κ3) is 2.49. The monoisotopic (exact) mass is 313 g/mol. The van der Waals surface area contributed by atoms with E-state index < -0.39 is 5.97 Å². The van der Waals surface area contributed by atoms with Crippen molar-refractivity contribution in [2.45, 2.75) is 0 Å². The highest BCUT2D eigenvalue weighted by molar-refractivity contribution is 6.36. The molecule has 22 heavy (non-hydrogen) atoms. The van der Waals surface area contributed by atoms with Crippen LogP contribution in [0.25, 0.3) is 11.6 Å². The van der Waals surface area contributed by atoms with Crippen LogP contribution in [0.2, 0.25) is 5.02 Å². The number of carbonyl (C=O) groups excluding carboxylic acids is 2. The number of benzene rings is 2. The summed E-state index contributed by atoms with van der Waals surface area (Å²) >= 11 is 5.93. The first kappa shape index (κ1) is 14.4. The summed E-state index contributed by atoms with van der Waals surface area (Å²) in [5.41, 5.74) is 2.95. The van der Waals surface area contributed by atoms with Gasteiger partial charge in [-0.15, -0.1) is 0 Å². The van der Waals surface area contributed by atoms with Gasteiger partial charge in [0.1, 0.15) is 0 Å². The normalized spacial score (nSPS) is 14.6. The molecule has 0 fully saturated rings. The highest BCUT2D eigenvalue weighted by Crippen LogP contribution is 2.35. The van der Waals surface area contributed by atoms with E-state index in [0.29, 0.717) is 27.4 Å². The van der Waals surface area contributed by atoms with Crippen LogP contribution in [-0.4, -0.2) is 19.0 Å². The summed E-state index contributed by atoms with van der Waals surface area (Å²) < 4.78 is 4.77. The maximum Gasteiger partial charge on any atom is 0.338 e. The van der Waals surface area contributed by atoms with Gasteiger partial charge in [-0.3, -0.25) is 4.79 Å². The summed E-state index contributed by atoms with van der Waals surface area (Å²) in [6.07, 6.45) is 1.68. The summed E-state index contributed by atoms with van der Waals surface area (Å²) in [6.45, 7) is 0. The third-order valence-corrected chi connectivity index (χ3v) is 3.67. The van der Waals surface area contributed by atoms with Gasteiger partial charge >= 0.3 is 5.97 Å². The van der Waals surface area contributed by atoms with Gasteiger partial charge in [0.05, 0.1) is 18.4 Å². The molecule has 0 aromatic heterocycles. The maximum atomic E-state index is 12.2. The average molecular weight is 314 g/mol.